The summed E-state index contributed by atoms with van der Waals surface area (Å²) in [5.74, 6) is 0.648. The fourth-order valence-corrected chi connectivity index (χ4v) is 1.40. The smallest absolute Gasteiger partial charge is 0.387 e. The molecule has 1 aromatic heterocycles. The van der Waals surface area contributed by atoms with E-state index in [0.717, 1.165) is 0 Å². The SMILES string of the molecule is N#Cc1ccc(Nc2ccc(OC(F)F)cc2)nc1. The van der Waals surface area contributed by atoms with Gasteiger partial charge in [-0.3, -0.25) is 0 Å². The zero-order valence-corrected chi connectivity index (χ0v) is 9.68. The van der Waals surface area contributed by atoms with Gasteiger partial charge in [0.2, 0.25) is 0 Å². The second-order valence-electron chi connectivity index (χ2n) is 3.57. The van der Waals surface area contributed by atoms with Crippen molar-refractivity contribution in [3.8, 4) is 11.8 Å². The molecule has 19 heavy (non-hydrogen) atoms. The average Bonchev–Trinajstić information content (AvgIpc) is 2.41. The summed E-state index contributed by atoms with van der Waals surface area (Å²) in [6.07, 6.45) is 1.44. The van der Waals surface area contributed by atoms with Crippen LogP contribution in [0.1, 0.15) is 5.56 Å². The zero-order chi connectivity index (χ0) is 13.7. The number of rotatable bonds is 4. The topological polar surface area (TPSA) is 57.9 Å². The number of alkyl halides is 2. The predicted octanol–water partition coefficient (Wildman–Crippen LogP) is 3.30. The molecule has 0 aliphatic rings. The quantitative estimate of drug-likeness (QED) is 0.917. The molecule has 0 fully saturated rings. The number of aromatic nitrogens is 1. The second kappa shape index (κ2) is 5.78. The summed E-state index contributed by atoms with van der Waals surface area (Å²) in [6, 6.07) is 11.3. The first-order chi connectivity index (χ1) is 9.17. The molecule has 4 nitrogen and oxygen atoms in total. The van der Waals surface area contributed by atoms with Crippen LogP contribution in [-0.4, -0.2) is 11.6 Å². The normalized spacial score (nSPS) is 10.0. The van der Waals surface area contributed by atoms with Crippen molar-refractivity contribution in [2.45, 2.75) is 6.61 Å². The molecule has 0 aliphatic heterocycles. The highest BCUT2D eigenvalue weighted by Gasteiger charge is 2.03. The highest BCUT2D eigenvalue weighted by molar-refractivity contribution is 5.57. The minimum absolute atomic E-state index is 0.0911. The Morgan fingerprint density at radius 2 is 1.89 bits per heavy atom. The lowest BCUT2D eigenvalue weighted by atomic mass is 10.3. The van der Waals surface area contributed by atoms with E-state index < -0.39 is 6.61 Å². The van der Waals surface area contributed by atoms with Crippen LogP contribution in [0.25, 0.3) is 0 Å². The molecule has 0 atom stereocenters. The van der Waals surface area contributed by atoms with E-state index in [4.69, 9.17) is 5.26 Å². The van der Waals surface area contributed by atoms with Crippen LogP contribution in [-0.2, 0) is 0 Å². The maximum absolute atomic E-state index is 12.0. The molecule has 0 aliphatic carbocycles. The van der Waals surface area contributed by atoms with Crippen molar-refractivity contribution in [2.24, 2.45) is 0 Å². The van der Waals surface area contributed by atoms with Crippen molar-refractivity contribution in [2.75, 3.05) is 5.32 Å². The summed E-state index contributed by atoms with van der Waals surface area (Å²) < 4.78 is 28.2. The molecule has 1 aromatic carbocycles. The molecule has 0 saturated heterocycles. The Labute approximate surface area is 108 Å². The van der Waals surface area contributed by atoms with Crippen molar-refractivity contribution < 1.29 is 13.5 Å². The lowest BCUT2D eigenvalue weighted by Gasteiger charge is -2.07. The first-order valence-electron chi connectivity index (χ1n) is 5.35. The van der Waals surface area contributed by atoms with Gasteiger partial charge < -0.3 is 10.1 Å². The summed E-state index contributed by atoms with van der Waals surface area (Å²) in [7, 11) is 0. The second-order valence-corrected chi connectivity index (χ2v) is 3.57. The van der Waals surface area contributed by atoms with Crippen LogP contribution in [0.5, 0.6) is 5.75 Å². The van der Waals surface area contributed by atoms with E-state index in [9.17, 15) is 8.78 Å². The molecule has 0 bridgehead atoms. The van der Waals surface area contributed by atoms with Gasteiger partial charge >= 0.3 is 6.61 Å². The maximum atomic E-state index is 12.0. The third kappa shape index (κ3) is 3.64. The summed E-state index contributed by atoms with van der Waals surface area (Å²) in [5, 5.41) is 11.6. The molecular formula is C13H9F2N3O. The molecule has 1 N–H and O–H groups in total. The number of halogens is 2. The molecule has 2 aromatic rings. The van der Waals surface area contributed by atoms with Crippen molar-refractivity contribution >= 4 is 11.5 Å². The number of nitrogens with one attached hydrogen (secondary N) is 1. The van der Waals surface area contributed by atoms with Crippen LogP contribution in [0.2, 0.25) is 0 Å². The van der Waals surface area contributed by atoms with Crippen molar-refractivity contribution in [3.05, 3.63) is 48.2 Å². The molecule has 0 radical (unpaired) electrons. The standard InChI is InChI=1S/C13H9F2N3O/c14-13(15)19-11-4-2-10(3-5-11)18-12-6-1-9(7-16)8-17-12/h1-6,8,13H,(H,17,18). The maximum Gasteiger partial charge on any atom is 0.387 e. The molecule has 0 spiro atoms. The van der Waals surface area contributed by atoms with Crippen LogP contribution in [0.3, 0.4) is 0 Å². The Bertz CT molecular complexity index is 576. The molecule has 0 amide bonds. The Balaban J connectivity index is 2.04. The van der Waals surface area contributed by atoms with Crippen LogP contribution >= 0.6 is 0 Å². The van der Waals surface area contributed by atoms with Gasteiger partial charge in [0, 0.05) is 11.9 Å². The largest absolute Gasteiger partial charge is 0.435 e. The Kier molecular flexibility index (Phi) is 3.88. The van der Waals surface area contributed by atoms with Gasteiger partial charge in [0.1, 0.15) is 17.6 Å². The van der Waals surface area contributed by atoms with Crippen LogP contribution < -0.4 is 10.1 Å². The van der Waals surface area contributed by atoms with E-state index in [2.05, 4.69) is 15.0 Å². The van der Waals surface area contributed by atoms with Crippen LogP contribution in [0.4, 0.5) is 20.3 Å². The van der Waals surface area contributed by atoms with Gasteiger partial charge in [-0.15, -0.1) is 0 Å². The first kappa shape index (κ1) is 12.8. The third-order valence-electron chi connectivity index (χ3n) is 2.24. The number of hydrogen-bond acceptors (Lipinski definition) is 4. The van der Waals surface area contributed by atoms with E-state index >= 15 is 0 Å². The number of nitriles is 1. The van der Waals surface area contributed by atoms with E-state index in [1.165, 1.54) is 18.3 Å². The van der Waals surface area contributed by atoms with Crippen LogP contribution in [0, 0.1) is 11.3 Å². The molecule has 0 unspecified atom stereocenters. The van der Waals surface area contributed by atoms with Gasteiger partial charge in [0.15, 0.2) is 0 Å². The first-order valence-corrected chi connectivity index (χ1v) is 5.35. The average molecular weight is 261 g/mol. The zero-order valence-electron chi connectivity index (χ0n) is 9.68. The van der Waals surface area contributed by atoms with E-state index in [1.54, 1.807) is 24.3 Å². The molecular weight excluding hydrogens is 252 g/mol. The minimum Gasteiger partial charge on any atom is -0.435 e. The molecule has 96 valence electrons. The number of nitrogens with zero attached hydrogens (tertiary/aromatic N) is 2. The Hall–Kier alpha value is -2.68. The number of benzene rings is 1. The fraction of sp³-hybridized carbons (Fsp3) is 0.0769. The number of pyridine rings is 1. The van der Waals surface area contributed by atoms with Gasteiger partial charge in [0.25, 0.3) is 0 Å². The number of hydrogen-bond donors (Lipinski definition) is 1. The number of ether oxygens (including phenoxy) is 1. The molecule has 0 saturated carbocycles. The molecule has 2 rings (SSSR count). The van der Waals surface area contributed by atoms with Gasteiger partial charge in [-0.1, -0.05) is 0 Å². The van der Waals surface area contributed by atoms with Crippen molar-refractivity contribution in [3.63, 3.8) is 0 Å². The van der Waals surface area contributed by atoms with Crippen molar-refractivity contribution in [1.29, 1.82) is 5.26 Å². The lowest BCUT2D eigenvalue weighted by Crippen LogP contribution is -2.01. The monoisotopic (exact) mass is 261 g/mol. The summed E-state index contributed by atoms with van der Waals surface area (Å²) in [5.41, 5.74) is 1.14. The molecule has 6 heteroatoms. The third-order valence-corrected chi connectivity index (χ3v) is 2.24. The lowest BCUT2D eigenvalue weighted by molar-refractivity contribution is -0.0498. The number of anilines is 2. The summed E-state index contributed by atoms with van der Waals surface area (Å²) in [6.45, 7) is -2.83. The van der Waals surface area contributed by atoms with Gasteiger partial charge in [-0.2, -0.15) is 14.0 Å². The van der Waals surface area contributed by atoms with E-state index in [-0.39, 0.29) is 5.75 Å². The Morgan fingerprint density at radius 1 is 1.16 bits per heavy atom. The fourth-order valence-electron chi connectivity index (χ4n) is 1.40. The highest BCUT2D eigenvalue weighted by Crippen LogP contribution is 2.20. The Morgan fingerprint density at radius 3 is 2.42 bits per heavy atom. The van der Waals surface area contributed by atoms with Gasteiger partial charge in [-0.05, 0) is 36.4 Å². The highest BCUT2D eigenvalue weighted by atomic mass is 19.3. The summed E-state index contributed by atoms with van der Waals surface area (Å²) in [4.78, 5) is 4.03. The van der Waals surface area contributed by atoms with Crippen LogP contribution in [0.15, 0.2) is 42.6 Å². The minimum atomic E-state index is -2.83. The predicted molar refractivity (Wildman–Crippen MR) is 65.3 cm³/mol. The molecule has 1 heterocycles. The van der Waals surface area contributed by atoms with E-state index in [1.807, 2.05) is 6.07 Å². The summed E-state index contributed by atoms with van der Waals surface area (Å²) >= 11 is 0. The van der Waals surface area contributed by atoms with E-state index in [0.29, 0.717) is 17.1 Å². The van der Waals surface area contributed by atoms with Gasteiger partial charge in [0.05, 0.1) is 5.56 Å². The van der Waals surface area contributed by atoms with Gasteiger partial charge in [-0.25, -0.2) is 4.98 Å². The van der Waals surface area contributed by atoms with Crippen molar-refractivity contribution in [1.82, 2.24) is 4.98 Å².